The Morgan fingerprint density at radius 3 is 2.43 bits per heavy atom. The molecule has 1 aromatic heterocycles. The lowest BCUT2D eigenvalue weighted by atomic mass is 9.94. The van der Waals surface area contributed by atoms with Crippen LogP contribution < -0.4 is 29.1 Å². The maximum atomic E-state index is 14.0. The van der Waals surface area contributed by atoms with Gasteiger partial charge in [-0.05, 0) is 62.7 Å². The van der Waals surface area contributed by atoms with Crippen molar-refractivity contribution < 1.29 is 33.3 Å². The van der Waals surface area contributed by atoms with E-state index in [9.17, 15) is 14.4 Å². The quantitative estimate of drug-likeness (QED) is 0.335. The lowest BCUT2D eigenvalue weighted by molar-refractivity contribution is -0.143. The second kappa shape index (κ2) is 13.5. The minimum atomic E-state index is -0.857. The van der Waals surface area contributed by atoms with Crippen molar-refractivity contribution in [2.45, 2.75) is 32.9 Å². The molecule has 3 aromatic rings. The van der Waals surface area contributed by atoms with Crippen molar-refractivity contribution in [2.75, 3.05) is 47.1 Å². The number of benzene rings is 2. The van der Waals surface area contributed by atoms with Gasteiger partial charge in [0.15, 0.2) is 11.4 Å². The van der Waals surface area contributed by atoms with E-state index < -0.39 is 12.0 Å². The molecular weight excluding hydrogens is 586 g/mol. The van der Waals surface area contributed by atoms with Crippen LogP contribution in [0.5, 0.6) is 17.2 Å². The van der Waals surface area contributed by atoms with Crippen molar-refractivity contribution in [1.82, 2.24) is 9.47 Å². The van der Waals surface area contributed by atoms with Crippen molar-refractivity contribution in [3.05, 3.63) is 84.5 Å². The van der Waals surface area contributed by atoms with E-state index in [1.165, 1.54) is 23.0 Å². The lowest BCUT2D eigenvalue weighted by Gasteiger charge is -2.26. The third kappa shape index (κ3) is 6.56. The van der Waals surface area contributed by atoms with E-state index in [1.54, 1.807) is 69.2 Å². The summed E-state index contributed by atoms with van der Waals surface area (Å²) in [5.41, 5.74) is 1.71. The van der Waals surface area contributed by atoms with E-state index >= 15 is 0 Å². The minimum Gasteiger partial charge on any atom is -0.497 e. The Kier molecular flexibility index (Phi) is 9.50. The number of hydrogen-bond donors (Lipinski definition) is 0. The summed E-state index contributed by atoms with van der Waals surface area (Å²) in [6.07, 6.45) is 1.39. The molecule has 11 nitrogen and oxygen atoms in total. The summed E-state index contributed by atoms with van der Waals surface area (Å²) in [7, 11) is 3.08. The van der Waals surface area contributed by atoms with Crippen LogP contribution in [-0.4, -0.2) is 74.6 Å². The monoisotopic (exact) mass is 621 g/mol. The number of amides is 1. The number of carbonyl (C=O) groups is 2. The average molecular weight is 622 g/mol. The Bertz CT molecular complexity index is 1750. The van der Waals surface area contributed by atoms with Crippen LogP contribution in [0.3, 0.4) is 0 Å². The summed E-state index contributed by atoms with van der Waals surface area (Å²) in [5.74, 6) is 0.917. The van der Waals surface area contributed by atoms with Crippen molar-refractivity contribution in [1.29, 1.82) is 0 Å². The van der Waals surface area contributed by atoms with Crippen LogP contribution in [0.15, 0.2) is 63.5 Å². The summed E-state index contributed by atoms with van der Waals surface area (Å²) in [6.45, 7) is 7.38. The molecule has 1 atom stereocenters. The number of ether oxygens (including phenoxy) is 5. The summed E-state index contributed by atoms with van der Waals surface area (Å²) < 4.78 is 29.6. The number of carbonyl (C=O) groups excluding carboxylic acids is 2. The van der Waals surface area contributed by atoms with Crippen molar-refractivity contribution >= 4 is 29.3 Å². The van der Waals surface area contributed by atoms with Gasteiger partial charge in [-0.25, -0.2) is 9.79 Å². The third-order valence-electron chi connectivity index (χ3n) is 7.22. The average Bonchev–Trinajstić information content (AvgIpc) is 3.33. The van der Waals surface area contributed by atoms with Crippen LogP contribution in [-0.2, 0) is 19.1 Å². The van der Waals surface area contributed by atoms with E-state index in [1.807, 2.05) is 12.1 Å². The summed E-state index contributed by atoms with van der Waals surface area (Å²) >= 11 is 1.22. The van der Waals surface area contributed by atoms with Crippen LogP contribution in [0.25, 0.3) is 6.08 Å². The minimum absolute atomic E-state index is 0.0629. The Morgan fingerprint density at radius 2 is 1.77 bits per heavy atom. The lowest BCUT2D eigenvalue weighted by Crippen LogP contribution is -2.42. The second-order valence-electron chi connectivity index (χ2n) is 10.5. The summed E-state index contributed by atoms with van der Waals surface area (Å²) in [4.78, 5) is 46.6. The van der Waals surface area contributed by atoms with Gasteiger partial charge in [-0.3, -0.25) is 14.2 Å². The highest BCUT2D eigenvalue weighted by molar-refractivity contribution is 7.07. The van der Waals surface area contributed by atoms with Crippen LogP contribution in [0.2, 0.25) is 0 Å². The van der Waals surface area contributed by atoms with Gasteiger partial charge in [-0.1, -0.05) is 23.5 Å². The molecule has 0 radical (unpaired) electrons. The summed E-state index contributed by atoms with van der Waals surface area (Å²) in [6, 6.07) is 11.5. The van der Waals surface area contributed by atoms with Crippen LogP contribution >= 0.6 is 11.3 Å². The van der Waals surface area contributed by atoms with Gasteiger partial charge in [0.2, 0.25) is 0 Å². The maximum Gasteiger partial charge on any atom is 0.338 e. The Balaban J connectivity index is 1.50. The first-order chi connectivity index (χ1) is 21.2. The molecule has 0 bridgehead atoms. The zero-order valence-corrected chi connectivity index (χ0v) is 26.1. The van der Waals surface area contributed by atoms with Gasteiger partial charge in [-0.2, -0.15) is 0 Å². The predicted octanol–water partition coefficient (Wildman–Crippen LogP) is 2.44. The number of morpholine rings is 1. The van der Waals surface area contributed by atoms with Crippen molar-refractivity contribution in [2.24, 2.45) is 4.99 Å². The molecule has 0 saturated carbocycles. The number of aromatic nitrogens is 1. The normalized spacial score (nSPS) is 16.8. The molecule has 44 heavy (non-hydrogen) atoms. The fraction of sp³-hybridized carbons (Fsp3) is 0.375. The van der Waals surface area contributed by atoms with Crippen molar-refractivity contribution in [3.8, 4) is 17.2 Å². The zero-order valence-electron chi connectivity index (χ0n) is 25.3. The SMILES string of the molecule is COc1ccc(OC)c([C@H]2C(C(=O)OC(C)C)=C(C)N=c3s/c(=C\c4ccc(OCC(=O)N5CCOCC5)cc4)c(=O)n32)c1. The molecule has 1 fully saturated rings. The van der Waals surface area contributed by atoms with Gasteiger partial charge in [0.1, 0.15) is 23.3 Å². The maximum absolute atomic E-state index is 14.0. The van der Waals surface area contributed by atoms with E-state index in [-0.39, 0.29) is 29.8 Å². The molecule has 232 valence electrons. The first-order valence-electron chi connectivity index (χ1n) is 14.2. The summed E-state index contributed by atoms with van der Waals surface area (Å²) in [5, 5.41) is 0. The topological polar surface area (TPSA) is 118 Å². The molecule has 0 aliphatic carbocycles. The van der Waals surface area contributed by atoms with E-state index in [4.69, 9.17) is 23.7 Å². The van der Waals surface area contributed by atoms with Crippen molar-refractivity contribution in [3.63, 3.8) is 0 Å². The van der Waals surface area contributed by atoms with Gasteiger partial charge in [0.25, 0.3) is 11.5 Å². The number of fused-ring (bicyclic) bond motifs is 1. The third-order valence-corrected chi connectivity index (χ3v) is 8.20. The molecule has 3 heterocycles. The van der Waals surface area contributed by atoms with Gasteiger partial charge in [0, 0.05) is 18.7 Å². The molecule has 5 rings (SSSR count). The number of rotatable bonds is 9. The fourth-order valence-corrected chi connectivity index (χ4v) is 6.11. The van der Waals surface area contributed by atoms with E-state index in [2.05, 4.69) is 4.99 Å². The first-order valence-corrected chi connectivity index (χ1v) is 15.1. The van der Waals surface area contributed by atoms with E-state index in [0.29, 0.717) is 64.1 Å². The van der Waals surface area contributed by atoms with Crippen LogP contribution in [0.4, 0.5) is 0 Å². The van der Waals surface area contributed by atoms with Gasteiger partial charge in [-0.15, -0.1) is 0 Å². The highest BCUT2D eigenvalue weighted by atomic mass is 32.1. The number of thiazole rings is 1. The standard InChI is InChI=1S/C32H35N3O8S/c1-19(2)43-31(38)28-20(3)33-32-35(29(28)24-17-23(39-4)10-11-25(24)40-5)30(37)26(44-32)16-21-6-8-22(9-7-21)42-18-27(36)34-12-14-41-15-13-34/h6-11,16-17,19,29H,12-15,18H2,1-5H3/b26-16-/t29-/m0/s1. The zero-order chi connectivity index (χ0) is 31.4. The molecule has 12 heteroatoms. The molecule has 2 aliphatic rings. The highest BCUT2D eigenvalue weighted by Gasteiger charge is 2.35. The first kappa shape index (κ1) is 31.0. The van der Waals surface area contributed by atoms with Gasteiger partial charge >= 0.3 is 5.97 Å². The van der Waals surface area contributed by atoms with Crippen LogP contribution in [0, 0.1) is 0 Å². The Labute approximate surface area is 258 Å². The fourth-order valence-electron chi connectivity index (χ4n) is 5.07. The van der Waals surface area contributed by atoms with E-state index in [0.717, 1.165) is 5.56 Å². The molecule has 0 N–H and O–H groups in total. The van der Waals surface area contributed by atoms with Crippen LogP contribution in [0.1, 0.15) is 37.9 Å². The molecule has 0 unspecified atom stereocenters. The molecule has 2 aromatic carbocycles. The number of hydrogen-bond acceptors (Lipinski definition) is 10. The highest BCUT2D eigenvalue weighted by Crippen LogP contribution is 2.38. The largest absolute Gasteiger partial charge is 0.497 e. The number of methoxy groups -OCH3 is 2. The smallest absolute Gasteiger partial charge is 0.338 e. The number of nitrogens with zero attached hydrogens (tertiary/aromatic N) is 3. The number of allylic oxidation sites excluding steroid dienone is 1. The second-order valence-corrected chi connectivity index (χ2v) is 11.5. The molecule has 2 aliphatic heterocycles. The number of esters is 1. The predicted molar refractivity (Wildman–Crippen MR) is 164 cm³/mol. The van der Waals surface area contributed by atoms with Gasteiger partial charge < -0.3 is 28.6 Å². The molecule has 0 spiro atoms. The Hall–Kier alpha value is -4.42. The molecular formula is C32H35N3O8S. The molecule has 1 saturated heterocycles. The molecule has 1 amide bonds. The van der Waals surface area contributed by atoms with Gasteiger partial charge in [0.05, 0.1) is 49.3 Å². The Morgan fingerprint density at radius 1 is 1.07 bits per heavy atom.